The molecule has 1 heterocycles. The van der Waals surface area contributed by atoms with E-state index in [4.69, 9.17) is 14.2 Å². The first kappa shape index (κ1) is 33.8. The van der Waals surface area contributed by atoms with Gasteiger partial charge in [-0.2, -0.15) is 0 Å². The summed E-state index contributed by atoms with van der Waals surface area (Å²) in [5, 5.41) is 10.2. The fraction of sp³-hybridized carbons (Fsp3) is 0.306. The van der Waals surface area contributed by atoms with E-state index in [1.165, 1.54) is 14.2 Å². The van der Waals surface area contributed by atoms with Crippen LogP contribution >= 0.6 is 0 Å². The summed E-state index contributed by atoms with van der Waals surface area (Å²) in [7, 11) is 2.75. The quantitative estimate of drug-likeness (QED) is 0.153. The van der Waals surface area contributed by atoms with Gasteiger partial charge in [0.05, 0.1) is 37.0 Å². The van der Waals surface area contributed by atoms with E-state index in [2.05, 4.69) is 45.8 Å². The van der Waals surface area contributed by atoms with E-state index < -0.39 is 12.1 Å². The van der Waals surface area contributed by atoms with E-state index in [1.807, 2.05) is 75.4 Å². The molecule has 0 unspecified atom stereocenters. The van der Waals surface area contributed by atoms with Crippen molar-refractivity contribution >= 4 is 46.0 Å². The van der Waals surface area contributed by atoms with Gasteiger partial charge in [0.1, 0.15) is 11.5 Å². The molecule has 3 N–H and O–H groups in total. The Morgan fingerprint density at radius 2 is 1.54 bits per heavy atom. The second kappa shape index (κ2) is 15.3. The Morgan fingerprint density at radius 3 is 2.20 bits per heavy atom. The third-order valence-electron chi connectivity index (χ3n) is 7.49. The number of hydrogen-bond acceptors (Lipinski definition) is 7. The van der Waals surface area contributed by atoms with Crippen molar-refractivity contribution in [2.75, 3.05) is 49.8 Å². The van der Waals surface area contributed by atoms with E-state index in [-0.39, 0.29) is 5.41 Å². The van der Waals surface area contributed by atoms with Gasteiger partial charge >= 0.3 is 12.1 Å². The van der Waals surface area contributed by atoms with Crippen LogP contribution in [0.25, 0.3) is 16.8 Å². The van der Waals surface area contributed by atoms with Crippen LogP contribution in [0.15, 0.2) is 72.9 Å². The van der Waals surface area contributed by atoms with Gasteiger partial charge in [0.2, 0.25) is 0 Å². The van der Waals surface area contributed by atoms with Crippen molar-refractivity contribution in [1.29, 1.82) is 0 Å². The van der Waals surface area contributed by atoms with Crippen molar-refractivity contribution in [2.24, 2.45) is 0 Å². The van der Waals surface area contributed by atoms with Crippen LogP contribution in [-0.4, -0.2) is 55.9 Å². The fourth-order valence-corrected chi connectivity index (χ4v) is 4.89. The van der Waals surface area contributed by atoms with Gasteiger partial charge in [-0.25, -0.2) is 9.59 Å². The third kappa shape index (κ3) is 8.54. The second-order valence-electron chi connectivity index (χ2n) is 11.6. The number of rotatable bonds is 11. The number of nitrogens with zero attached hydrogens (tertiary/aromatic N) is 2. The van der Waals surface area contributed by atoms with Crippen molar-refractivity contribution in [3.8, 4) is 17.2 Å². The molecule has 0 aliphatic carbocycles. The average molecular weight is 626 g/mol. The number of urea groups is 1. The number of methoxy groups -OCH3 is 2. The molecule has 4 aromatic rings. The highest BCUT2D eigenvalue weighted by Gasteiger charge is 2.22. The molecule has 3 amide bonds. The first-order valence-corrected chi connectivity index (χ1v) is 15.3. The molecular weight excluding hydrogens is 582 g/mol. The number of benzene rings is 3. The third-order valence-corrected chi connectivity index (χ3v) is 7.49. The first-order valence-electron chi connectivity index (χ1n) is 15.3. The maximum Gasteiger partial charge on any atom is 0.411 e. The monoisotopic (exact) mass is 625 g/mol. The molecular formula is C36H43N5O5. The lowest BCUT2D eigenvalue weighted by atomic mass is 9.86. The smallest absolute Gasteiger partial charge is 0.411 e. The van der Waals surface area contributed by atoms with E-state index in [1.54, 1.807) is 18.3 Å². The summed E-state index contributed by atoms with van der Waals surface area (Å²) < 4.78 is 16.7. The number of nitrogens with one attached hydrogen (secondary N) is 3. The van der Waals surface area contributed by atoms with Crippen molar-refractivity contribution in [2.45, 2.75) is 40.0 Å². The SMILES string of the molecule is CCN(CC)CC=Cc1cc(Oc2ccc(NC(=O)Nc3cc(C(C)(C)C)cc(NC(=O)OC)c3OC)c3ccccc23)ccn1. The summed E-state index contributed by atoms with van der Waals surface area (Å²) in [6.45, 7) is 13.2. The van der Waals surface area contributed by atoms with Gasteiger partial charge in [0.15, 0.2) is 5.75 Å². The first-order chi connectivity index (χ1) is 22.1. The van der Waals surface area contributed by atoms with Gasteiger partial charge in [-0.1, -0.05) is 65.0 Å². The lowest BCUT2D eigenvalue weighted by Crippen LogP contribution is -2.22. The molecule has 0 saturated carbocycles. The molecule has 46 heavy (non-hydrogen) atoms. The number of likely N-dealkylation sites (N-methyl/N-ethyl adjacent to an activating group) is 1. The minimum Gasteiger partial charge on any atom is -0.492 e. The molecule has 0 fully saturated rings. The summed E-state index contributed by atoms with van der Waals surface area (Å²) >= 11 is 0. The Kier molecular flexibility index (Phi) is 11.2. The van der Waals surface area contributed by atoms with Crippen molar-refractivity contribution in [3.05, 3.63) is 84.2 Å². The van der Waals surface area contributed by atoms with Crippen LogP contribution in [0, 0.1) is 0 Å². The normalized spacial score (nSPS) is 11.5. The lowest BCUT2D eigenvalue weighted by molar-refractivity contribution is 0.187. The van der Waals surface area contributed by atoms with Gasteiger partial charge in [-0.3, -0.25) is 10.3 Å². The fourth-order valence-electron chi connectivity index (χ4n) is 4.89. The maximum absolute atomic E-state index is 13.4. The number of hydrogen-bond donors (Lipinski definition) is 3. The molecule has 0 atom stereocenters. The molecule has 242 valence electrons. The molecule has 0 radical (unpaired) electrons. The number of aromatic nitrogens is 1. The van der Waals surface area contributed by atoms with E-state index in [0.717, 1.165) is 41.7 Å². The van der Waals surface area contributed by atoms with Crippen LogP contribution in [-0.2, 0) is 10.2 Å². The molecule has 10 nitrogen and oxygen atoms in total. The van der Waals surface area contributed by atoms with Crippen LogP contribution in [0.3, 0.4) is 0 Å². The maximum atomic E-state index is 13.4. The minimum absolute atomic E-state index is 0.283. The highest BCUT2D eigenvalue weighted by molar-refractivity contribution is 6.08. The highest BCUT2D eigenvalue weighted by Crippen LogP contribution is 2.39. The Balaban J connectivity index is 1.58. The zero-order chi connectivity index (χ0) is 33.3. The zero-order valence-electron chi connectivity index (χ0n) is 27.6. The van der Waals surface area contributed by atoms with Crippen LogP contribution in [0.2, 0.25) is 0 Å². The van der Waals surface area contributed by atoms with E-state index in [0.29, 0.717) is 34.3 Å². The Morgan fingerprint density at radius 1 is 0.870 bits per heavy atom. The number of carbonyl (C=O) groups is 2. The van der Waals surface area contributed by atoms with Crippen LogP contribution in [0.1, 0.15) is 45.9 Å². The van der Waals surface area contributed by atoms with Crippen molar-refractivity contribution in [3.63, 3.8) is 0 Å². The second-order valence-corrected chi connectivity index (χ2v) is 11.6. The molecule has 0 aliphatic heterocycles. The highest BCUT2D eigenvalue weighted by atomic mass is 16.5. The number of carbonyl (C=O) groups excluding carboxylic acids is 2. The summed E-state index contributed by atoms with van der Waals surface area (Å²) in [6, 6.07) is 18.2. The Bertz CT molecular complexity index is 1710. The predicted molar refractivity (Wildman–Crippen MR) is 185 cm³/mol. The standard InChI is InChI=1S/C36H43N5O5/c1-8-41(9-2)20-12-13-25-23-26(18-19-37-25)46-32-17-16-29(27-14-10-11-15-28(27)32)38-34(42)39-30-21-24(36(3,4)5)22-31(33(30)44-6)40-35(43)45-7/h10-19,21-23H,8-9,20H2,1-7H3,(H,40,43)(H2,38,39,42). The van der Waals surface area contributed by atoms with E-state index >= 15 is 0 Å². The van der Waals surface area contributed by atoms with Gasteiger partial charge in [-0.05, 0) is 60.5 Å². The minimum atomic E-state index is -0.650. The summed E-state index contributed by atoms with van der Waals surface area (Å²) in [6.07, 6.45) is 5.17. The van der Waals surface area contributed by atoms with Crippen LogP contribution in [0.5, 0.6) is 17.2 Å². The number of amides is 3. The zero-order valence-corrected chi connectivity index (χ0v) is 27.6. The van der Waals surface area contributed by atoms with Crippen molar-refractivity contribution in [1.82, 2.24) is 9.88 Å². The topological polar surface area (TPSA) is 114 Å². The Hall–Kier alpha value is -5.09. The molecule has 0 aliphatic rings. The predicted octanol–water partition coefficient (Wildman–Crippen LogP) is 8.51. The molecule has 1 aromatic heterocycles. The van der Waals surface area contributed by atoms with Crippen molar-refractivity contribution < 1.29 is 23.8 Å². The molecule has 10 heteroatoms. The number of anilines is 3. The van der Waals surface area contributed by atoms with E-state index in [9.17, 15) is 9.59 Å². The summed E-state index contributed by atoms with van der Waals surface area (Å²) in [4.78, 5) is 32.2. The van der Waals surface area contributed by atoms with Gasteiger partial charge in [0.25, 0.3) is 0 Å². The summed E-state index contributed by atoms with van der Waals surface area (Å²) in [5.41, 5.74) is 2.76. The molecule has 4 rings (SSSR count). The van der Waals surface area contributed by atoms with Crippen LogP contribution in [0.4, 0.5) is 26.7 Å². The molecule has 0 spiro atoms. The molecule has 0 saturated heterocycles. The summed E-state index contributed by atoms with van der Waals surface area (Å²) in [5.74, 6) is 1.59. The van der Waals surface area contributed by atoms with Gasteiger partial charge < -0.3 is 29.7 Å². The van der Waals surface area contributed by atoms with Gasteiger partial charge in [0, 0.05) is 29.6 Å². The Labute approximate surface area is 270 Å². The van der Waals surface area contributed by atoms with Gasteiger partial charge in [-0.15, -0.1) is 0 Å². The average Bonchev–Trinajstić information content (AvgIpc) is 3.04. The number of pyridine rings is 1. The lowest BCUT2D eigenvalue weighted by Gasteiger charge is -2.24. The molecule has 3 aromatic carbocycles. The number of ether oxygens (including phenoxy) is 3. The van der Waals surface area contributed by atoms with Crippen LogP contribution < -0.4 is 25.4 Å². The largest absolute Gasteiger partial charge is 0.492 e. The molecule has 0 bridgehead atoms. The number of fused-ring (bicyclic) bond motifs is 1.